The first-order valence-corrected chi connectivity index (χ1v) is 7.70. The third kappa shape index (κ3) is 3.09. The molecule has 1 aliphatic heterocycles. The van der Waals surface area contributed by atoms with Gasteiger partial charge in [-0.05, 0) is 19.1 Å². The Hall–Kier alpha value is -2.01. The molecule has 0 spiro atoms. The van der Waals surface area contributed by atoms with Crippen molar-refractivity contribution in [2.75, 3.05) is 18.5 Å². The van der Waals surface area contributed by atoms with Crippen molar-refractivity contribution >= 4 is 17.4 Å². The van der Waals surface area contributed by atoms with Crippen LogP contribution in [-0.4, -0.2) is 29.2 Å². The molecule has 0 saturated carbocycles. The molecular formula is C16H18ClN3O2. The zero-order valence-corrected chi connectivity index (χ0v) is 13.4. The molecule has 1 aliphatic rings. The summed E-state index contributed by atoms with van der Waals surface area (Å²) in [5, 5.41) is 3.78. The van der Waals surface area contributed by atoms with Crippen LogP contribution < -0.4 is 14.8 Å². The molecule has 22 heavy (non-hydrogen) atoms. The van der Waals surface area contributed by atoms with Crippen molar-refractivity contribution in [1.29, 1.82) is 0 Å². The van der Waals surface area contributed by atoms with Gasteiger partial charge in [-0.25, -0.2) is 9.97 Å². The van der Waals surface area contributed by atoms with Crippen molar-refractivity contribution in [1.82, 2.24) is 9.97 Å². The number of rotatable bonds is 4. The van der Waals surface area contributed by atoms with Crippen LogP contribution in [0.2, 0.25) is 5.15 Å². The maximum absolute atomic E-state index is 6.14. The first-order chi connectivity index (χ1) is 10.7. The molecule has 0 bridgehead atoms. The van der Waals surface area contributed by atoms with E-state index >= 15 is 0 Å². The summed E-state index contributed by atoms with van der Waals surface area (Å²) in [6.45, 7) is 4.99. The Morgan fingerprint density at radius 1 is 1.27 bits per heavy atom. The molecule has 0 aliphatic carbocycles. The van der Waals surface area contributed by atoms with Gasteiger partial charge in [-0.2, -0.15) is 0 Å². The highest BCUT2D eigenvalue weighted by atomic mass is 35.5. The maximum atomic E-state index is 6.14. The van der Waals surface area contributed by atoms with E-state index in [4.69, 9.17) is 21.1 Å². The van der Waals surface area contributed by atoms with Crippen LogP contribution in [0.3, 0.4) is 0 Å². The summed E-state index contributed by atoms with van der Waals surface area (Å²) in [5.74, 6) is 3.03. The zero-order valence-electron chi connectivity index (χ0n) is 12.6. The standard InChI is InChI=1S/C16H18ClN3O2/c1-3-14-19-15(17)10(2)16(20-14)18-8-11-9-21-12-6-4-5-7-13(12)22-11/h4-7,11H,3,8-9H2,1-2H3,(H,18,19,20)/t11-/m0/s1. The summed E-state index contributed by atoms with van der Waals surface area (Å²) in [5.41, 5.74) is 0.844. The van der Waals surface area contributed by atoms with Crippen molar-refractivity contribution in [3.8, 4) is 11.5 Å². The van der Waals surface area contributed by atoms with Crippen LogP contribution in [0.4, 0.5) is 5.82 Å². The van der Waals surface area contributed by atoms with E-state index in [0.29, 0.717) is 18.3 Å². The van der Waals surface area contributed by atoms with Crippen LogP contribution in [0.15, 0.2) is 24.3 Å². The number of benzene rings is 1. The molecule has 0 unspecified atom stereocenters. The molecule has 5 nitrogen and oxygen atoms in total. The Balaban J connectivity index is 1.68. The molecule has 1 atom stereocenters. The Morgan fingerprint density at radius 2 is 2.05 bits per heavy atom. The van der Waals surface area contributed by atoms with Crippen LogP contribution in [0.5, 0.6) is 11.5 Å². The van der Waals surface area contributed by atoms with Gasteiger partial charge in [-0.15, -0.1) is 0 Å². The Labute approximate surface area is 134 Å². The highest BCUT2D eigenvalue weighted by molar-refractivity contribution is 6.30. The van der Waals surface area contributed by atoms with Gasteiger partial charge in [0.15, 0.2) is 11.5 Å². The van der Waals surface area contributed by atoms with Gasteiger partial charge >= 0.3 is 0 Å². The second kappa shape index (κ2) is 6.40. The number of para-hydroxylation sites is 2. The van der Waals surface area contributed by atoms with E-state index in [1.165, 1.54) is 0 Å². The minimum atomic E-state index is -0.0758. The number of aryl methyl sites for hydroxylation is 1. The van der Waals surface area contributed by atoms with Crippen LogP contribution in [0.1, 0.15) is 18.3 Å². The predicted molar refractivity (Wildman–Crippen MR) is 86.0 cm³/mol. The van der Waals surface area contributed by atoms with Gasteiger partial charge in [-0.1, -0.05) is 30.7 Å². The molecule has 1 N–H and O–H groups in total. The minimum Gasteiger partial charge on any atom is -0.486 e. The Kier molecular flexibility index (Phi) is 4.34. The lowest BCUT2D eigenvalue weighted by Crippen LogP contribution is -2.35. The van der Waals surface area contributed by atoms with Gasteiger partial charge in [0.25, 0.3) is 0 Å². The van der Waals surface area contributed by atoms with E-state index in [1.54, 1.807) is 0 Å². The molecular weight excluding hydrogens is 302 g/mol. The lowest BCUT2D eigenvalue weighted by Gasteiger charge is -2.27. The first kappa shape index (κ1) is 14.9. The number of ether oxygens (including phenoxy) is 2. The molecule has 0 saturated heterocycles. The van der Waals surface area contributed by atoms with Crippen molar-refractivity contribution in [3.63, 3.8) is 0 Å². The summed E-state index contributed by atoms with van der Waals surface area (Å²) < 4.78 is 11.6. The number of nitrogens with one attached hydrogen (secondary N) is 1. The van der Waals surface area contributed by atoms with Gasteiger partial charge in [0.2, 0.25) is 0 Å². The van der Waals surface area contributed by atoms with Crippen LogP contribution >= 0.6 is 11.6 Å². The molecule has 6 heteroatoms. The number of hydrogen-bond donors (Lipinski definition) is 1. The topological polar surface area (TPSA) is 56.3 Å². The smallest absolute Gasteiger partial charge is 0.161 e. The molecule has 3 rings (SSSR count). The monoisotopic (exact) mass is 319 g/mol. The summed E-state index contributed by atoms with van der Waals surface area (Å²) in [6, 6.07) is 7.67. The first-order valence-electron chi connectivity index (χ1n) is 7.32. The number of nitrogens with zero attached hydrogens (tertiary/aromatic N) is 2. The third-order valence-corrected chi connectivity index (χ3v) is 3.88. The third-order valence-electron chi connectivity index (χ3n) is 3.51. The average Bonchev–Trinajstić information content (AvgIpc) is 2.55. The van der Waals surface area contributed by atoms with E-state index in [9.17, 15) is 0 Å². The van der Waals surface area contributed by atoms with E-state index in [0.717, 1.165) is 35.1 Å². The SMILES string of the molecule is CCc1nc(Cl)c(C)c(NC[C@H]2COc3ccccc3O2)n1. The quantitative estimate of drug-likeness (QED) is 0.877. The number of halogens is 1. The van der Waals surface area contributed by atoms with Crippen molar-refractivity contribution in [3.05, 3.63) is 40.8 Å². The molecule has 1 aromatic heterocycles. The van der Waals surface area contributed by atoms with Crippen LogP contribution in [0, 0.1) is 6.92 Å². The minimum absolute atomic E-state index is 0.0758. The molecule has 0 fully saturated rings. The Bertz CT molecular complexity index is 678. The normalized spacial score (nSPS) is 16.4. The fourth-order valence-electron chi connectivity index (χ4n) is 2.24. The van der Waals surface area contributed by atoms with E-state index < -0.39 is 0 Å². The number of fused-ring (bicyclic) bond motifs is 1. The number of aromatic nitrogens is 2. The van der Waals surface area contributed by atoms with Crippen molar-refractivity contribution < 1.29 is 9.47 Å². The highest BCUT2D eigenvalue weighted by Gasteiger charge is 2.21. The predicted octanol–water partition coefficient (Wildman–Crippen LogP) is 3.25. The van der Waals surface area contributed by atoms with Crippen LogP contribution in [-0.2, 0) is 6.42 Å². The van der Waals surface area contributed by atoms with Gasteiger partial charge < -0.3 is 14.8 Å². The number of hydrogen-bond acceptors (Lipinski definition) is 5. The second-order valence-corrected chi connectivity index (χ2v) is 5.49. The van der Waals surface area contributed by atoms with E-state index in [2.05, 4.69) is 15.3 Å². The van der Waals surface area contributed by atoms with Crippen molar-refractivity contribution in [2.45, 2.75) is 26.4 Å². The largest absolute Gasteiger partial charge is 0.486 e. The molecule has 2 heterocycles. The van der Waals surface area contributed by atoms with E-state index in [-0.39, 0.29) is 6.10 Å². The lowest BCUT2D eigenvalue weighted by molar-refractivity contribution is 0.0997. The molecule has 0 radical (unpaired) electrons. The molecule has 0 amide bonds. The Morgan fingerprint density at radius 3 is 2.82 bits per heavy atom. The average molecular weight is 320 g/mol. The summed E-state index contributed by atoms with van der Waals surface area (Å²) in [4.78, 5) is 8.71. The zero-order chi connectivity index (χ0) is 15.5. The fraction of sp³-hybridized carbons (Fsp3) is 0.375. The second-order valence-electron chi connectivity index (χ2n) is 5.14. The highest BCUT2D eigenvalue weighted by Crippen LogP contribution is 2.31. The summed E-state index contributed by atoms with van der Waals surface area (Å²) in [7, 11) is 0. The van der Waals surface area contributed by atoms with E-state index in [1.807, 2.05) is 38.1 Å². The van der Waals surface area contributed by atoms with Gasteiger partial charge in [0.1, 0.15) is 29.5 Å². The summed E-state index contributed by atoms with van der Waals surface area (Å²) in [6.07, 6.45) is 0.665. The fourth-order valence-corrected chi connectivity index (χ4v) is 2.42. The lowest BCUT2D eigenvalue weighted by atomic mass is 10.2. The molecule has 1 aromatic carbocycles. The number of anilines is 1. The van der Waals surface area contributed by atoms with Gasteiger partial charge in [0.05, 0.1) is 6.54 Å². The van der Waals surface area contributed by atoms with Crippen molar-refractivity contribution in [2.24, 2.45) is 0 Å². The molecule has 116 valence electrons. The summed E-state index contributed by atoms with van der Waals surface area (Å²) >= 11 is 6.14. The van der Waals surface area contributed by atoms with Gasteiger partial charge in [-0.3, -0.25) is 0 Å². The van der Waals surface area contributed by atoms with Gasteiger partial charge in [0, 0.05) is 12.0 Å². The molecule has 2 aromatic rings. The van der Waals surface area contributed by atoms with Crippen LogP contribution in [0.25, 0.3) is 0 Å². The maximum Gasteiger partial charge on any atom is 0.161 e.